The van der Waals surface area contributed by atoms with Crippen molar-refractivity contribution >= 4 is 41.5 Å². The van der Waals surface area contributed by atoms with Crippen LogP contribution in [0.15, 0.2) is 0 Å². The number of hydrogen-bond acceptors (Lipinski definition) is 4. The van der Waals surface area contributed by atoms with Gasteiger partial charge in [-0.2, -0.15) is 0 Å². The van der Waals surface area contributed by atoms with Gasteiger partial charge in [0.05, 0.1) is 0 Å². The third-order valence-electron chi connectivity index (χ3n) is 0.805. The number of rotatable bonds is 3. The first kappa shape index (κ1) is 18.4. The van der Waals surface area contributed by atoms with E-state index in [1.165, 1.54) is 0 Å². The molecular formula is C4H7NaO6Ti. The molecule has 6 nitrogen and oxygen atoms in total. The molecule has 12 heavy (non-hydrogen) atoms. The molecule has 0 aliphatic carbocycles. The molecule has 0 aliphatic heterocycles. The van der Waals surface area contributed by atoms with Crippen molar-refractivity contribution in [1.29, 1.82) is 0 Å². The maximum atomic E-state index is 9.77. The largest absolute Gasteiger partial charge is 0 e. The van der Waals surface area contributed by atoms with Crippen molar-refractivity contribution in [2.24, 2.45) is 0 Å². The van der Waals surface area contributed by atoms with Gasteiger partial charge in [0.15, 0.2) is 12.2 Å². The number of carboxylic acids is 2. The van der Waals surface area contributed by atoms with Crippen molar-refractivity contribution in [2.45, 2.75) is 12.2 Å². The van der Waals surface area contributed by atoms with Gasteiger partial charge in [-0.25, -0.2) is 9.59 Å². The summed E-state index contributed by atoms with van der Waals surface area (Å²) >= 11 is 0. The van der Waals surface area contributed by atoms with Crippen LogP contribution in [0.3, 0.4) is 0 Å². The van der Waals surface area contributed by atoms with Gasteiger partial charge >= 0.3 is 41.5 Å². The number of aliphatic hydroxyl groups is 2. The van der Waals surface area contributed by atoms with Crippen molar-refractivity contribution in [3.63, 3.8) is 0 Å². The summed E-state index contributed by atoms with van der Waals surface area (Å²) < 4.78 is 0. The molecule has 2 unspecified atom stereocenters. The van der Waals surface area contributed by atoms with Crippen LogP contribution >= 0.6 is 0 Å². The number of carboxylic acid groups (broad SMARTS) is 2. The van der Waals surface area contributed by atoms with Gasteiger partial charge in [0.1, 0.15) is 0 Å². The molecule has 64 valence electrons. The maximum Gasteiger partial charge on any atom is 0 e. The summed E-state index contributed by atoms with van der Waals surface area (Å²) in [6.07, 6.45) is -4.53. The zero-order chi connectivity index (χ0) is 8.31. The van der Waals surface area contributed by atoms with Crippen LogP contribution in [0.5, 0.6) is 0 Å². The Morgan fingerprint density at radius 2 is 1.08 bits per heavy atom. The fraction of sp³-hybridized carbons (Fsp3) is 0.500. The number of carbonyl (C=O) groups is 2. The summed E-state index contributed by atoms with van der Waals surface area (Å²) in [5, 5.41) is 32.5. The minimum Gasteiger partial charge on any atom is 0 e. The minimum atomic E-state index is -2.27. The van der Waals surface area contributed by atoms with E-state index in [9.17, 15) is 9.59 Å². The van der Waals surface area contributed by atoms with Crippen LogP contribution in [0.4, 0.5) is 0 Å². The minimum absolute atomic E-state index is 0. The summed E-state index contributed by atoms with van der Waals surface area (Å²) in [5.41, 5.74) is 0. The molecule has 0 fully saturated rings. The first-order valence-electron chi connectivity index (χ1n) is 2.28. The molecule has 0 heterocycles. The molecule has 4 N–H and O–H groups in total. The van der Waals surface area contributed by atoms with E-state index in [0.29, 0.717) is 0 Å². The number of hydrogen-bond donors (Lipinski definition) is 4. The molecular weight excluding hydrogens is 215 g/mol. The molecule has 0 amide bonds. The van der Waals surface area contributed by atoms with Crippen LogP contribution < -0.4 is 0 Å². The van der Waals surface area contributed by atoms with Gasteiger partial charge in [0.25, 0.3) is 0 Å². The summed E-state index contributed by atoms with van der Waals surface area (Å²) in [6.45, 7) is 0. The van der Waals surface area contributed by atoms with Gasteiger partial charge in [0, 0.05) is 21.7 Å². The Balaban J connectivity index is -0.000000405. The molecule has 0 radical (unpaired) electrons. The first-order valence-corrected chi connectivity index (χ1v) is 2.28. The van der Waals surface area contributed by atoms with Crippen LogP contribution in [0.1, 0.15) is 0 Å². The van der Waals surface area contributed by atoms with Crippen molar-refractivity contribution < 1.29 is 51.7 Å². The summed E-state index contributed by atoms with van der Waals surface area (Å²) in [7, 11) is 0. The smallest absolute Gasteiger partial charge is 0 e. The van der Waals surface area contributed by atoms with E-state index in [1.54, 1.807) is 0 Å². The molecule has 0 rings (SSSR count). The third kappa shape index (κ3) is 6.13. The predicted octanol–water partition coefficient (Wildman–Crippen LogP) is -2.77. The molecule has 0 aromatic rings. The van der Waals surface area contributed by atoms with Crippen LogP contribution in [-0.4, -0.2) is 74.1 Å². The molecule has 8 heteroatoms. The average molecular weight is 222 g/mol. The fourth-order valence-electron chi connectivity index (χ4n) is 0.270. The monoisotopic (exact) mass is 222 g/mol. The van der Waals surface area contributed by atoms with Gasteiger partial charge in [-0.15, -0.1) is 0 Å². The van der Waals surface area contributed by atoms with Gasteiger partial charge in [-0.3, -0.25) is 0 Å². The van der Waals surface area contributed by atoms with E-state index in [0.717, 1.165) is 0 Å². The third-order valence-corrected chi connectivity index (χ3v) is 0.805. The van der Waals surface area contributed by atoms with E-state index in [4.69, 9.17) is 20.4 Å². The molecule has 0 spiro atoms. The van der Waals surface area contributed by atoms with Crippen molar-refractivity contribution in [3.05, 3.63) is 0 Å². The topological polar surface area (TPSA) is 115 Å². The van der Waals surface area contributed by atoms with Gasteiger partial charge in [0.2, 0.25) is 0 Å². The van der Waals surface area contributed by atoms with Crippen molar-refractivity contribution in [1.82, 2.24) is 0 Å². The normalized spacial score (nSPS) is 13.2. The maximum absolute atomic E-state index is 9.77. The number of aliphatic hydroxyl groups excluding tert-OH is 2. The van der Waals surface area contributed by atoms with Crippen molar-refractivity contribution in [2.75, 3.05) is 0 Å². The van der Waals surface area contributed by atoms with Gasteiger partial charge in [-0.05, 0) is 0 Å². The molecule has 0 aliphatic rings. The predicted molar refractivity (Wildman–Crippen MR) is 34.4 cm³/mol. The average Bonchev–Trinajstić information content (AvgIpc) is 1.84. The van der Waals surface area contributed by atoms with Crippen LogP contribution in [0, 0.1) is 0 Å². The zero-order valence-corrected chi connectivity index (χ0v) is 6.82. The first-order chi connectivity index (χ1) is 4.46. The quantitative estimate of drug-likeness (QED) is 0.384. The van der Waals surface area contributed by atoms with Crippen LogP contribution in [0.2, 0.25) is 0 Å². The second-order valence-electron chi connectivity index (χ2n) is 1.57. The zero-order valence-electron chi connectivity index (χ0n) is 5.26. The summed E-state index contributed by atoms with van der Waals surface area (Å²) in [5.74, 6) is -3.54. The molecule has 0 aromatic heterocycles. The Kier molecular flexibility index (Phi) is 12.5. The van der Waals surface area contributed by atoms with Crippen LogP contribution in [-0.2, 0) is 31.3 Å². The second kappa shape index (κ2) is 8.19. The van der Waals surface area contributed by atoms with E-state index in [1.807, 2.05) is 0 Å². The van der Waals surface area contributed by atoms with Gasteiger partial charge in [-0.1, -0.05) is 0 Å². The van der Waals surface area contributed by atoms with Gasteiger partial charge < -0.3 is 20.4 Å². The molecule has 0 bridgehead atoms. The summed E-state index contributed by atoms with van der Waals surface area (Å²) in [4.78, 5) is 19.5. The second-order valence-corrected chi connectivity index (χ2v) is 1.57. The van der Waals surface area contributed by atoms with E-state index >= 15 is 0 Å². The Hall–Kier alpha value is 0.574. The summed E-state index contributed by atoms with van der Waals surface area (Å²) in [6, 6.07) is 0. The van der Waals surface area contributed by atoms with Crippen molar-refractivity contribution in [3.8, 4) is 0 Å². The van der Waals surface area contributed by atoms with E-state index in [2.05, 4.69) is 0 Å². The van der Waals surface area contributed by atoms with Crippen LogP contribution in [0.25, 0.3) is 0 Å². The Labute approximate surface area is 105 Å². The SMILES string of the molecule is O=C(O)C(O)C(O)C(=O)O.[NaH].[Ti]. The Morgan fingerprint density at radius 1 is 0.917 bits per heavy atom. The fourth-order valence-corrected chi connectivity index (χ4v) is 0.270. The molecule has 0 saturated heterocycles. The number of aliphatic carboxylic acids is 2. The molecule has 0 aromatic carbocycles. The molecule has 2 atom stereocenters. The standard InChI is InChI=1S/C4H6O6.Na.Ti.H/c5-1(3(7)8)2(6)4(9)10;;;/h1-2,5-6H,(H,7,8)(H,9,10);;;. The Bertz CT molecular complexity index is 144. The molecule has 0 saturated carbocycles. The van der Waals surface area contributed by atoms with E-state index < -0.39 is 24.1 Å². The Morgan fingerprint density at radius 3 is 1.17 bits per heavy atom. The van der Waals surface area contributed by atoms with E-state index in [-0.39, 0.29) is 51.3 Å².